The molecule has 1 aromatic rings. The topological polar surface area (TPSA) is 23.5 Å². The average molecular weight is 261 g/mol. The van der Waals surface area contributed by atoms with Gasteiger partial charge in [0, 0.05) is 25.4 Å². The third-order valence-electron chi connectivity index (χ3n) is 4.64. The molecule has 0 amide bonds. The lowest BCUT2D eigenvalue weighted by atomic mass is 9.72. The summed E-state index contributed by atoms with van der Waals surface area (Å²) < 4.78 is 0. The van der Waals surface area contributed by atoms with Crippen LogP contribution in [0, 0.1) is 11.3 Å². The van der Waals surface area contributed by atoms with Crippen LogP contribution < -0.4 is 4.90 Å². The zero-order valence-corrected chi connectivity index (χ0v) is 12.5. The van der Waals surface area contributed by atoms with Crippen molar-refractivity contribution in [1.82, 2.24) is 0 Å². The predicted molar refractivity (Wildman–Crippen MR) is 81.6 cm³/mol. The predicted octanol–water partition coefficient (Wildman–Crippen LogP) is 3.48. The molecule has 0 aromatic heterocycles. The van der Waals surface area contributed by atoms with E-state index in [-0.39, 0.29) is 5.41 Å². The molecular weight excluding hydrogens is 234 g/mol. The van der Waals surface area contributed by atoms with Crippen LogP contribution in [0.25, 0.3) is 0 Å². The smallest absolute Gasteiger partial charge is 0.0433 e. The van der Waals surface area contributed by atoms with Crippen LogP contribution in [0.3, 0.4) is 0 Å². The first-order valence-corrected chi connectivity index (χ1v) is 7.52. The van der Waals surface area contributed by atoms with Crippen LogP contribution in [0.1, 0.15) is 39.2 Å². The summed E-state index contributed by atoms with van der Waals surface area (Å²) in [6, 6.07) is 8.76. The van der Waals surface area contributed by atoms with Gasteiger partial charge < -0.3 is 10.0 Å². The van der Waals surface area contributed by atoms with Crippen molar-refractivity contribution < 1.29 is 5.11 Å². The zero-order valence-electron chi connectivity index (χ0n) is 12.5. The van der Waals surface area contributed by atoms with Gasteiger partial charge in [-0.15, -0.1) is 0 Å². The first kappa shape index (κ1) is 14.4. The lowest BCUT2D eigenvalue weighted by molar-refractivity contribution is 0.134. The van der Waals surface area contributed by atoms with Gasteiger partial charge in [0.2, 0.25) is 0 Å². The number of piperidine rings is 1. The number of hydrogen-bond acceptors (Lipinski definition) is 2. The maximum absolute atomic E-state index is 9.20. The fraction of sp³-hybridized carbons (Fsp3) is 0.647. The van der Waals surface area contributed by atoms with Gasteiger partial charge in [-0.3, -0.25) is 0 Å². The van der Waals surface area contributed by atoms with Crippen molar-refractivity contribution in [2.45, 2.75) is 40.0 Å². The van der Waals surface area contributed by atoms with E-state index in [1.165, 1.54) is 17.7 Å². The minimum absolute atomic E-state index is 0.280. The van der Waals surface area contributed by atoms with E-state index >= 15 is 0 Å². The Morgan fingerprint density at radius 3 is 2.68 bits per heavy atom. The number of aliphatic hydroxyl groups excluding tert-OH is 1. The van der Waals surface area contributed by atoms with Crippen LogP contribution >= 0.6 is 0 Å². The van der Waals surface area contributed by atoms with Crippen LogP contribution in [0.5, 0.6) is 0 Å². The van der Waals surface area contributed by atoms with Crippen molar-refractivity contribution in [1.29, 1.82) is 0 Å². The normalized spacial score (nSPS) is 22.5. The number of nitrogens with zero attached hydrogens (tertiary/aromatic N) is 1. The molecule has 2 rings (SSSR count). The highest BCUT2D eigenvalue weighted by molar-refractivity contribution is 5.54. The highest BCUT2D eigenvalue weighted by Crippen LogP contribution is 2.39. The first-order chi connectivity index (χ1) is 9.08. The highest BCUT2D eigenvalue weighted by Gasteiger charge is 2.35. The molecule has 2 heteroatoms. The van der Waals surface area contributed by atoms with Gasteiger partial charge in [0.05, 0.1) is 0 Å². The lowest BCUT2D eigenvalue weighted by Crippen LogP contribution is -2.46. The molecule has 1 aliphatic heterocycles. The second kappa shape index (κ2) is 5.96. The minimum Gasteiger partial charge on any atom is -0.396 e. The van der Waals surface area contributed by atoms with Crippen molar-refractivity contribution in [3.05, 3.63) is 29.8 Å². The van der Waals surface area contributed by atoms with Gasteiger partial charge in [-0.2, -0.15) is 0 Å². The quantitative estimate of drug-likeness (QED) is 0.897. The number of hydrogen-bond donors (Lipinski definition) is 1. The summed E-state index contributed by atoms with van der Waals surface area (Å²) in [5, 5.41) is 9.20. The van der Waals surface area contributed by atoms with Crippen LogP contribution in [0.15, 0.2) is 24.3 Å². The van der Waals surface area contributed by atoms with Gasteiger partial charge >= 0.3 is 0 Å². The Hall–Kier alpha value is -1.02. The molecule has 19 heavy (non-hydrogen) atoms. The van der Waals surface area contributed by atoms with E-state index in [0.29, 0.717) is 12.5 Å². The summed E-state index contributed by atoms with van der Waals surface area (Å²) in [4.78, 5) is 2.53. The third-order valence-corrected chi connectivity index (χ3v) is 4.64. The number of para-hydroxylation sites is 1. The monoisotopic (exact) mass is 261 g/mol. The molecule has 2 nitrogen and oxygen atoms in total. The van der Waals surface area contributed by atoms with E-state index in [1.54, 1.807) is 0 Å². The van der Waals surface area contributed by atoms with Gasteiger partial charge in [-0.25, -0.2) is 0 Å². The van der Waals surface area contributed by atoms with Crippen LogP contribution in [0.2, 0.25) is 0 Å². The lowest BCUT2D eigenvalue weighted by Gasteiger charge is -2.45. The van der Waals surface area contributed by atoms with E-state index in [4.69, 9.17) is 0 Å². The second-order valence-corrected chi connectivity index (χ2v) is 6.39. The molecule has 1 saturated heterocycles. The van der Waals surface area contributed by atoms with E-state index in [9.17, 15) is 5.11 Å². The molecule has 0 spiro atoms. The Bertz CT molecular complexity index is 413. The third kappa shape index (κ3) is 3.11. The molecule has 1 aliphatic rings. The summed E-state index contributed by atoms with van der Waals surface area (Å²) >= 11 is 0. The van der Waals surface area contributed by atoms with Crippen molar-refractivity contribution in [2.24, 2.45) is 11.3 Å². The molecule has 1 aromatic carbocycles. The van der Waals surface area contributed by atoms with Crippen LogP contribution in [-0.2, 0) is 6.42 Å². The van der Waals surface area contributed by atoms with Crippen molar-refractivity contribution in [3.63, 3.8) is 0 Å². The summed E-state index contributed by atoms with van der Waals surface area (Å²) in [6.45, 7) is 9.43. The van der Waals surface area contributed by atoms with Gasteiger partial charge in [-0.05, 0) is 42.2 Å². The first-order valence-electron chi connectivity index (χ1n) is 7.52. The molecule has 1 heterocycles. The molecule has 0 radical (unpaired) electrons. The minimum atomic E-state index is 0.280. The Labute approximate surface area is 117 Å². The number of anilines is 1. The molecule has 0 aliphatic carbocycles. The fourth-order valence-corrected chi connectivity index (χ4v) is 3.42. The standard InChI is InChI=1S/C17H27NO/c1-4-14-7-5-6-8-16(14)18-11-9-15(10-12-19)17(2,3)13-18/h5-8,15,19H,4,9-13H2,1-3H3. The van der Waals surface area contributed by atoms with E-state index in [0.717, 1.165) is 25.9 Å². The number of rotatable bonds is 4. The van der Waals surface area contributed by atoms with E-state index in [2.05, 4.69) is 49.9 Å². The number of aliphatic hydroxyl groups is 1. The molecular formula is C17H27NO. The van der Waals surface area contributed by atoms with E-state index < -0.39 is 0 Å². The summed E-state index contributed by atoms with van der Waals surface area (Å²) in [7, 11) is 0. The average Bonchev–Trinajstić information content (AvgIpc) is 2.41. The Morgan fingerprint density at radius 1 is 1.32 bits per heavy atom. The van der Waals surface area contributed by atoms with Gasteiger partial charge in [-0.1, -0.05) is 39.0 Å². The van der Waals surface area contributed by atoms with E-state index in [1.807, 2.05) is 0 Å². The molecule has 1 N–H and O–H groups in total. The molecule has 1 unspecified atom stereocenters. The zero-order chi connectivity index (χ0) is 13.9. The largest absolute Gasteiger partial charge is 0.396 e. The van der Waals surface area contributed by atoms with Crippen molar-refractivity contribution >= 4 is 5.69 Å². The van der Waals surface area contributed by atoms with Gasteiger partial charge in [0.1, 0.15) is 0 Å². The Morgan fingerprint density at radius 2 is 2.05 bits per heavy atom. The SMILES string of the molecule is CCc1ccccc1N1CCC(CCO)C(C)(C)C1. The Kier molecular flexibility index (Phi) is 4.51. The maximum atomic E-state index is 9.20. The van der Waals surface area contributed by atoms with Gasteiger partial charge in [0.25, 0.3) is 0 Å². The van der Waals surface area contributed by atoms with Crippen molar-refractivity contribution in [3.8, 4) is 0 Å². The molecule has 106 valence electrons. The van der Waals surface area contributed by atoms with Crippen LogP contribution in [-0.4, -0.2) is 24.8 Å². The van der Waals surface area contributed by atoms with Crippen molar-refractivity contribution in [2.75, 3.05) is 24.6 Å². The highest BCUT2D eigenvalue weighted by atomic mass is 16.3. The number of aryl methyl sites for hydroxylation is 1. The Balaban J connectivity index is 2.16. The summed E-state index contributed by atoms with van der Waals surface area (Å²) in [5.41, 5.74) is 3.13. The molecule has 1 fully saturated rings. The molecule has 0 bridgehead atoms. The fourth-order valence-electron chi connectivity index (χ4n) is 3.42. The maximum Gasteiger partial charge on any atom is 0.0433 e. The number of benzene rings is 1. The second-order valence-electron chi connectivity index (χ2n) is 6.39. The van der Waals surface area contributed by atoms with Gasteiger partial charge in [0.15, 0.2) is 0 Å². The van der Waals surface area contributed by atoms with Crippen LogP contribution in [0.4, 0.5) is 5.69 Å². The molecule has 0 saturated carbocycles. The summed E-state index contributed by atoms with van der Waals surface area (Å²) in [5.74, 6) is 0.641. The summed E-state index contributed by atoms with van der Waals surface area (Å²) in [6.07, 6.45) is 3.22. The molecule has 1 atom stereocenters.